The van der Waals surface area contributed by atoms with Crippen molar-refractivity contribution in [3.05, 3.63) is 155 Å². The Morgan fingerprint density at radius 1 is 0.702 bits per heavy atom. The van der Waals surface area contributed by atoms with Gasteiger partial charge in [0.15, 0.2) is 0 Å². The van der Waals surface area contributed by atoms with E-state index in [-0.39, 0.29) is 5.41 Å². The molecule has 2 heterocycles. The highest BCUT2D eigenvalue weighted by molar-refractivity contribution is 7.25. The number of hydrogen-bond acceptors (Lipinski definition) is 1. The molecule has 0 bridgehead atoms. The van der Waals surface area contributed by atoms with Crippen molar-refractivity contribution < 1.29 is 0 Å². The van der Waals surface area contributed by atoms with Crippen LogP contribution in [-0.4, -0.2) is 4.57 Å². The Bertz CT molecular complexity index is 2530. The van der Waals surface area contributed by atoms with E-state index in [1.807, 2.05) is 11.3 Å². The molecule has 0 saturated heterocycles. The van der Waals surface area contributed by atoms with Crippen molar-refractivity contribution in [2.45, 2.75) is 44.9 Å². The predicted molar refractivity (Wildman–Crippen MR) is 203 cm³/mol. The maximum absolute atomic E-state index is 2.55. The van der Waals surface area contributed by atoms with E-state index in [2.05, 4.69) is 146 Å². The lowest BCUT2D eigenvalue weighted by molar-refractivity contribution is 0.666. The molecule has 5 aromatic carbocycles. The van der Waals surface area contributed by atoms with Crippen LogP contribution in [0.5, 0.6) is 0 Å². The molecule has 2 aromatic heterocycles. The zero-order valence-corrected chi connectivity index (χ0v) is 27.6. The maximum Gasteiger partial charge on any atom is 0.0537 e. The third-order valence-corrected chi connectivity index (χ3v) is 12.1. The monoisotopic (exact) mass is 621 g/mol. The van der Waals surface area contributed by atoms with Crippen molar-refractivity contribution in [3.8, 4) is 16.8 Å². The smallest absolute Gasteiger partial charge is 0.0537 e. The molecule has 0 N–H and O–H groups in total. The summed E-state index contributed by atoms with van der Waals surface area (Å²) in [6.45, 7) is 4.86. The van der Waals surface area contributed by atoms with Gasteiger partial charge in [-0.15, -0.1) is 11.3 Å². The van der Waals surface area contributed by atoms with Crippen LogP contribution >= 0.6 is 11.3 Å². The average Bonchev–Trinajstić information content (AvgIpc) is 3.74. The number of hydrogen-bond donors (Lipinski definition) is 0. The van der Waals surface area contributed by atoms with E-state index in [1.165, 1.54) is 92.5 Å². The standard InChI is InChI=1S/C45H35NS/c1-45(2)38-27-32(21-22-33(38)35-23-25-42-43(44(35)45)36-13-7-9-15-41(36)47-42)46-39-14-8-6-12-34(39)37-26-31(20-24-40(37)46)30-18-16-29(17-19-30)28-10-4-3-5-11-28/h4,6-19,21-23,25-27H,3,5,20,24H2,1-2H3. The van der Waals surface area contributed by atoms with Crippen molar-refractivity contribution in [1.82, 2.24) is 4.57 Å². The summed E-state index contributed by atoms with van der Waals surface area (Å²) in [4.78, 5) is 0. The van der Waals surface area contributed by atoms with Gasteiger partial charge in [-0.25, -0.2) is 0 Å². The summed E-state index contributed by atoms with van der Waals surface area (Å²) < 4.78 is 5.31. The van der Waals surface area contributed by atoms with E-state index in [1.54, 1.807) is 0 Å². The fourth-order valence-corrected chi connectivity index (χ4v) is 9.81. The Morgan fingerprint density at radius 2 is 1.49 bits per heavy atom. The second-order valence-corrected chi connectivity index (χ2v) is 15.0. The lowest BCUT2D eigenvalue weighted by Gasteiger charge is -2.24. The number of rotatable bonds is 3. The molecule has 3 aliphatic rings. The molecular weight excluding hydrogens is 587 g/mol. The van der Waals surface area contributed by atoms with Crippen LogP contribution in [0.1, 0.15) is 66.6 Å². The lowest BCUT2D eigenvalue weighted by atomic mass is 9.80. The van der Waals surface area contributed by atoms with Gasteiger partial charge in [-0.2, -0.15) is 0 Å². The van der Waals surface area contributed by atoms with Crippen LogP contribution < -0.4 is 0 Å². The topological polar surface area (TPSA) is 4.93 Å². The van der Waals surface area contributed by atoms with Gasteiger partial charge in [0.25, 0.3) is 0 Å². The molecule has 7 aromatic rings. The van der Waals surface area contributed by atoms with Gasteiger partial charge >= 0.3 is 0 Å². The second-order valence-electron chi connectivity index (χ2n) is 13.9. The minimum Gasteiger partial charge on any atom is -0.313 e. The normalized spacial score (nSPS) is 16.3. The van der Waals surface area contributed by atoms with Gasteiger partial charge in [-0.3, -0.25) is 0 Å². The fourth-order valence-electron chi connectivity index (χ4n) is 8.70. The van der Waals surface area contributed by atoms with E-state index in [0.717, 1.165) is 25.7 Å². The molecule has 0 saturated carbocycles. The van der Waals surface area contributed by atoms with Crippen molar-refractivity contribution in [2.24, 2.45) is 0 Å². The highest BCUT2D eigenvalue weighted by Gasteiger charge is 2.38. The van der Waals surface area contributed by atoms with Gasteiger partial charge in [-0.1, -0.05) is 105 Å². The van der Waals surface area contributed by atoms with Crippen LogP contribution in [-0.2, 0) is 11.8 Å². The van der Waals surface area contributed by atoms with Crippen molar-refractivity contribution in [1.29, 1.82) is 0 Å². The number of aromatic nitrogens is 1. The average molecular weight is 622 g/mol. The molecule has 0 atom stereocenters. The number of fused-ring (bicyclic) bond motifs is 10. The van der Waals surface area contributed by atoms with Crippen LogP contribution in [0.25, 0.3) is 65.1 Å². The maximum atomic E-state index is 2.55. The Hall–Kier alpha value is -4.92. The van der Waals surface area contributed by atoms with E-state index < -0.39 is 0 Å². The minimum absolute atomic E-state index is 0.101. The van der Waals surface area contributed by atoms with Crippen molar-refractivity contribution >= 4 is 59.6 Å². The first kappa shape index (κ1) is 27.2. The first-order valence-electron chi connectivity index (χ1n) is 17.0. The summed E-state index contributed by atoms with van der Waals surface area (Å²) >= 11 is 1.92. The van der Waals surface area contributed by atoms with Gasteiger partial charge in [-0.05, 0) is 107 Å². The van der Waals surface area contributed by atoms with Crippen LogP contribution in [0, 0.1) is 0 Å². The summed E-state index contributed by atoms with van der Waals surface area (Å²) in [6.07, 6.45) is 13.7. The highest BCUT2D eigenvalue weighted by atomic mass is 32.1. The molecule has 0 fully saturated rings. The molecule has 0 amide bonds. The van der Waals surface area contributed by atoms with Gasteiger partial charge in [0.2, 0.25) is 0 Å². The Labute approximate surface area is 279 Å². The molecule has 226 valence electrons. The SMILES string of the molecule is CC1(C)c2cc(-n3c4c(c5ccccc53)C=C(c3ccc(C5=CCCC=C5)cc3)CC4)ccc2-c2ccc3sc4ccccc4c3c21. The first-order chi connectivity index (χ1) is 23.1. The van der Waals surface area contributed by atoms with E-state index >= 15 is 0 Å². The summed E-state index contributed by atoms with van der Waals surface area (Å²) in [5.41, 5.74) is 16.3. The van der Waals surface area contributed by atoms with Crippen molar-refractivity contribution in [3.63, 3.8) is 0 Å². The van der Waals surface area contributed by atoms with Gasteiger partial charge in [0.05, 0.1) is 5.52 Å². The molecule has 1 nitrogen and oxygen atoms in total. The Kier molecular flexibility index (Phi) is 5.81. The predicted octanol–water partition coefficient (Wildman–Crippen LogP) is 12.5. The second kappa shape index (κ2) is 10.0. The largest absolute Gasteiger partial charge is 0.313 e. The Balaban J connectivity index is 1.09. The Morgan fingerprint density at radius 3 is 2.34 bits per heavy atom. The van der Waals surface area contributed by atoms with Gasteiger partial charge in [0.1, 0.15) is 0 Å². The molecule has 3 aliphatic carbocycles. The van der Waals surface area contributed by atoms with Crippen molar-refractivity contribution in [2.75, 3.05) is 0 Å². The van der Waals surface area contributed by atoms with E-state index in [0.29, 0.717) is 0 Å². The van der Waals surface area contributed by atoms with E-state index in [9.17, 15) is 0 Å². The molecule has 2 heteroatoms. The summed E-state index contributed by atoms with van der Waals surface area (Å²) in [5, 5.41) is 4.16. The quantitative estimate of drug-likeness (QED) is 0.185. The number of nitrogens with zero attached hydrogens (tertiary/aromatic N) is 1. The van der Waals surface area contributed by atoms with Crippen LogP contribution in [0.3, 0.4) is 0 Å². The van der Waals surface area contributed by atoms with Gasteiger partial charge in [0, 0.05) is 47.9 Å². The molecular formula is C45H35NS. The molecule has 10 rings (SSSR count). The number of allylic oxidation sites excluding steroid dienone is 5. The molecule has 0 unspecified atom stereocenters. The van der Waals surface area contributed by atoms with Crippen LogP contribution in [0.4, 0.5) is 0 Å². The summed E-state index contributed by atoms with van der Waals surface area (Å²) in [6, 6.07) is 39.1. The van der Waals surface area contributed by atoms with Crippen LogP contribution in [0.15, 0.2) is 121 Å². The fraction of sp³-hybridized carbons (Fsp3) is 0.156. The van der Waals surface area contributed by atoms with Gasteiger partial charge < -0.3 is 4.57 Å². The van der Waals surface area contributed by atoms with Crippen LogP contribution in [0.2, 0.25) is 0 Å². The summed E-state index contributed by atoms with van der Waals surface area (Å²) in [5.74, 6) is 0. The molecule has 0 aliphatic heterocycles. The lowest BCUT2D eigenvalue weighted by Crippen LogP contribution is -2.16. The zero-order valence-electron chi connectivity index (χ0n) is 26.8. The minimum atomic E-state index is -0.101. The highest BCUT2D eigenvalue weighted by Crippen LogP contribution is 2.54. The third-order valence-electron chi connectivity index (χ3n) is 10.9. The first-order valence-corrected chi connectivity index (χ1v) is 17.8. The summed E-state index contributed by atoms with van der Waals surface area (Å²) in [7, 11) is 0. The van der Waals surface area contributed by atoms with E-state index in [4.69, 9.17) is 0 Å². The third kappa shape index (κ3) is 3.95. The molecule has 0 spiro atoms. The number of benzene rings is 5. The number of thiophene rings is 1. The molecule has 0 radical (unpaired) electrons. The zero-order chi connectivity index (χ0) is 31.3. The molecule has 47 heavy (non-hydrogen) atoms. The number of para-hydroxylation sites is 1.